The molecular weight excluding hydrogens is 412 g/mol. The van der Waals surface area contributed by atoms with Gasteiger partial charge in [-0.3, -0.25) is 0 Å². The van der Waals surface area contributed by atoms with Crippen molar-refractivity contribution in [2.24, 2.45) is 0 Å². The van der Waals surface area contributed by atoms with Crippen molar-refractivity contribution in [1.82, 2.24) is 4.57 Å². The highest BCUT2D eigenvalue weighted by Gasteiger charge is 2.13. The molecule has 5 aromatic carbocycles. The first-order valence-electron chi connectivity index (χ1n) is 11.9. The molecule has 1 heterocycles. The second-order valence-electron chi connectivity index (χ2n) is 8.68. The van der Waals surface area contributed by atoms with Crippen LogP contribution in [0.15, 0.2) is 121 Å². The summed E-state index contributed by atoms with van der Waals surface area (Å²) in [4.78, 5) is 0. The number of fused-ring (bicyclic) bond motifs is 3. The monoisotopic (exact) mass is 438 g/mol. The molecule has 2 nitrogen and oxygen atoms in total. The summed E-state index contributed by atoms with van der Waals surface area (Å²) in [7, 11) is 0. The maximum Gasteiger partial charge on any atom is 0.0542 e. The SMILES string of the molecule is CCc1ccc2c(c1)c1cc(Nc3ccc(-c4ccccc4)cc3)ccc1n2-c1ccccc1. The van der Waals surface area contributed by atoms with E-state index >= 15 is 0 Å². The Hall–Kier alpha value is -4.30. The third-order valence-electron chi connectivity index (χ3n) is 6.53. The fourth-order valence-corrected chi connectivity index (χ4v) is 4.77. The molecular formula is C32H26N2. The van der Waals surface area contributed by atoms with Crippen LogP contribution >= 0.6 is 0 Å². The fourth-order valence-electron chi connectivity index (χ4n) is 4.77. The van der Waals surface area contributed by atoms with Crippen LogP contribution in [-0.4, -0.2) is 4.57 Å². The summed E-state index contributed by atoms with van der Waals surface area (Å²) in [6.07, 6.45) is 1.03. The minimum absolute atomic E-state index is 1.03. The first-order valence-corrected chi connectivity index (χ1v) is 11.9. The molecule has 0 unspecified atom stereocenters. The number of nitrogens with zero attached hydrogens (tertiary/aromatic N) is 1. The summed E-state index contributed by atoms with van der Waals surface area (Å²) in [5, 5.41) is 6.16. The number of benzene rings is 5. The van der Waals surface area contributed by atoms with Crippen molar-refractivity contribution >= 4 is 33.2 Å². The molecule has 1 aromatic heterocycles. The number of hydrogen-bond donors (Lipinski definition) is 1. The lowest BCUT2D eigenvalue weighted by Crippen LogP contribution is -1.94. The van der Waals surface area contributed by atoms with E-state index in [1.165, 1.54) is 44.2 Å². The van der Waals surface area contributed by atoms with Gasteiger partial charge in [-0.25, -0.2) is 0 Å². The molecule has 34 heavy (non-hydrogen) atoms. The maximum atomic E-state index is 3.61. The Morgan fingerprint density at radius 2 is 1.15 bits per heavy atom. The Labute approximate surface area is 200 Å². The standard InChI is InChI=1S/C32H26N2/c1-2-23-13-19-31-29(21-23)30-22-27(18-20-32(30)34(31)28-11-7-4-8-12-28)33-26-16-14-25(15-17-26)24-9-5-3-6-10-24/h3-22,33H,2H2,1H3. The Balaban J connectivity index is 1.42. The van der Waals surface area contributed by atoms with Gasteiger partial charge < -0.3 is 9.88 Å². The van der Waals surface area contributed by atoms with Crippen LogP contribution in [0.25, 0.3) is 38.6 Å². The summed E-state index contributed by atoms with van der Waals surface area (Å²) < 4.78 is 2.36. The van der Waals surface area contributed by atoms with Crippen molar-refractivity contribution in [3.05, 3.63) is 127 Å². The number of rotatable bonds is 5. The molecule has 0 aliphatic carbocycles. The van der Waals surface area contributed by atoms with E-state index in [0.717, 1.165) is 17.8 Å². The number of nitrogens with one attached hydrogen (secondary N) is 1. The molecule has 0 radical (unpaired) electrons. The van der Waals surface area contributed by atoms with Crippen LogP contribution in [0.1, 0.15) is 12.5 Å². The first-order chi connectivity index (χ1) is 16.8. The summed E-state index contributed by atoms with van der Waals surface area (Å²) in [5.74, 6) is 0. The molecule has 0 amide bonds. The van der Waals surface area contributed by atoms with Crippen molar-refractivity contribution in [1.29, 1.82) is 0 Å². The van der Waals surface area contributed by atoms with Gasteiger partial charge in [0.2, 0.25) is 0 Å². The van der Waals surface area contributed by atoms with E-state index in [1.54, 1.807) is 0 Å². The first kappa shape index (κ1) is 20.3. The van der Waals surface area contributed by atoms with E-state index in [0.29, 0.717) is 0 Å². The minimum atomic E-state index is 1.03. The zero-order valence-corrected chi connectivity index (χ0v) is 19.2. The van der Waals surface area contributed by atoms with Crippen LogP contribution in [-0.2, 0) is 6.42 Å². The van der Waals surface area contributed by atoms with Gasteiger partial charge in [-0.2, -0.15) is 0 Å². The van der Waals surface area contributed by atoms with Gasteiger partial charge in [0.05, 0.1) is 11.0 Å². The summed E-state index contributed by atoms with van der Waals surface area (Å²) >= 11 is 0. The van der Waals surface area contributed by atoms with E-state index in [-0.39, 0.29) is 0 Å². The Bertz CT molecular complexity index is 1580. The van der Waals surface area contributed by atoms with Crippen LogP contribution < -0.4 is 5.32 Å². The summed E-state index contributed by atoms with van der Waals surface area (Å²) in [6, 6.07) is 43.3. The van der Waals surface area contributed by atoms with Crippen molar-refractivity contribution in [3.63, 3.8) is 0 Å². The lowest BCUT2D eigenvalue weighted by atomic mass is 10.1. The largest absolute Gasteiger partial charge is 0.356 e. The highest BCUT2D eigenvalue weighted by molar-refractivity contribution is 6.10. The van der Waals surface area contributed by atoms with Gasteiger partial charge >= 0.3 is 0 Å². The van der Waals surface area contributed by atoms with Crippen molar-refractivity contribution < 1.29 is 0 Å². The molecule has 2 heteroatoms. The summed E-state index contributed by atoms with van der Waals surface area (Å²) in [5.41, 5.74) is 9.63. The van der Waals surface area contributed by atoms with Gasteiger partial charge in [0, 0.05) is 27.8 Å². The van der Waals surface area contributed by atoms with Crippen LogP contribution in [0.4, 0.5) is 11.4 Å². The molecule has 1 N–H and O–H groups in total. The highest BCUT2D eigenvalue weighted by Crippen LogP contribution is 2.35. The Morgan fingerprint density at radius 3 is 1.85 bits per heavy atom. The average molecular weight is 439 g/mol. The van der Waals surface area contributed by atoms with Crippen LogP contribution in [0.3, 0.4) is 0 Å². The predicted octanol–water partition coefficient (Wildman–Crippen LogP) is 8.76. The molecule has 0 fully saturated rings. The number of anilines is 2. The van der Waals surface area contributed by atoms with Crippen LogP contribution in [0.5, 0.6) is 0 Å². The molecule has 0 saturated carbocycles. The van der Waals surface area contributed by atoms with Crippen molar-refractivity contribution in [3.8, 4) is 16.8 Å². The quantitative estimate of drug-likeness (QED) is 0.285. The van der Waals surface area contributed by atoms with E-state index < -0.39 is 0 Å². The molecule has 0 saturated heterocycles. The molecule has 0 spiro atoms. The summed E-state index contributed by atoms with van der Waals surface area (Å²) in [6.45, 7) is 2.21. The number of para-hydroxylation sites is 1. The predicted molar refractivity (Wildman–Crippen MR) is 145 cm³/mol. The molecule has 6 aromatic rings. The van der Waals surface area contributed by atoms with Gasteiger partial charge in [-0.15, -0.1) is 0 Å². The Kier molecular flexibility index (Phi) is 5.12. The van der Waals surface area contributed by atoms with Gasteiger partial charge in [-0.05, 0) is 77.7 Å². The smallest absolute Gasteiger partial charge is 0.0542 e. The normalized spacial score (nSPS) is 11.2. The highest BCUT2D eigenvalue weighted by atomic mass is 15.0. The number of aromatic nitrogens is 1. The number of aryl methyl sites for hydroxylation is 1. The van der Waals surface area contributed by atoms with Crippen molar-refractivity contribution in [2.75, 3.05) is 5.32 Å². The molecule has 164 valence electrons. The molecule has 0 aliphatic heterocycles. The zero-order chi connectivity index (χ0) is 22.9. The van der Waals surface area contributed by atoms with Crippen LogP contribution in [0, 0.1) is 0 Å². The number of hydrogen-bond acceptors (Lipinski definition) is 1. The molecule has 0 atom stereocenters. The van der Waals surface area contributed by atoms with E-state index in [4.69, 9.17) is 0 Å². The molecule has 0 aliphatic rings. The zero-order valence-electron chi connectivity index (χ0n) is 19.2. The molecule has 0 bridgehead atoms. The van der Waals surface area contributed by atoms with E-state index in [1.807, 2.05) is 6.07 Å². The third kappa shape index (κ3) is 3.64. The molecule has 6 rings (SSSR count). The van der Waals surface area contributed by atoms with Gasteiger partial charge in [-0.1, -0.05) is 73.7 Å². The maximum absolute atomic E-state index is 3.61. The average Bonchev–Trinajstić information content (AvgIpc) is 3.23. The fraction of sp³-hybridized carbons (Fsp3) is 0.0625. The second-order valence-corrected chi connectivity index (χ2v) is 8.68. The minimum Gasteiger partial charge on any atom is -0.356 e. The lowest BCUT2D eigenvalue weighted by Gasteiger charge is -2.10. The van der Waals surface area contributed by atoms with Crippen molar-refractivity contribution in [2.45, 2.75) is 13.3 Å². The van der Waals surface area contributed by atoms with E-state index in [9.17, 15) is 0 Å². The van der Waals surface area contributed by atoms with Crippen LogP contribution in [0.2, 0.25) is 0 Å². The Morgan fingerprint density at radius 1 is 0.559 bits per heavy atom. The topological polar surface area (TPSA) is 17.0 Å². The second kappa shape index (κ2) is 8.57. The lowest BCUT2D eigenvalue weighted by molar-refractivity contribution is 1.14. The third-order valence-corrected chi connectivity index (χ3v) is 6.53. The van der Waals surface area contributed by atoms with E-state index in [2.05, 4.69) is 132 Å². The van der Waals surface area contributed by atoms with Gasteiger partial charge in [0.25, 0.3) is 0 Å². The van der Waals surface area contributed by atoms with Gasteiger partial charge in [0.15, 0.2) is 0 Å². The van der Waals surface area contributed by atoms with Gasteiger partial charge in [0.1, 0.15) is 0 Å².